The Hall–Kier alpha value is 2.12. The molecule has 1 radical (unpaired) electrons. The summed E-state index contributed by atoms with van der Waals surface area (Å²) in [5, 5.41) is 0. The first-order valence-electron chi connectivity index (χ1n) is 0.129. The van der Waals surface area contributed by atoms with Crippen molar-refractivity contribution in [1.29, 1.82) is 0 Å². The molecule has 0 aliphatic rings. The van der Waals surface area contributed by atoms with Gasteiger partial charge in [-0.3, -0.25) is 0 Å². The molecule has 4 heavy (non-hydrogen) atoms. The molecule has 0 N–H and O–H groups in total. The van der Waals surface area contributed by atoms with Gasteiger partial charge < -0.3 is 0 Å². The van der Waals surface area contributed by atoms with Crippen molar-refractivity contribution in [2.75, 3.05) is 0 Å². The minimum atomic E-state index is 0. The van der Waals surface area contributed by atoms with Crippen LogP contribution in [-0.4, -0.2) is 0 Å². The summed E-state index contributed by atoms with van der Waals surface area (Å²) in [4.78, 5) is 0. The molecule has 0 rings (SSSR count). The van der Waals surface area contributed by atoms with Gasteiger partial charge in [-0.25, -0.2) is 0 Å². The SMILES string of the molecule is [Co].[O]=[Ni].[Th]. The molecule has 0 aliphatic heterocycles. The van der Waals surface area contributed by atoms with E-state index in [1.165, 1.54) is 0 Å². The predicted octanol–water partition coefficient (Wildman–Crippen LogP) is -0.124. The monoisotopic (exact) mass is 365 g/mol. The second-order valence-corrected chi connectivity index (χ2v) is 0. The Morgan fingerprint density at radius 3 is 1.25 bits per heavy atom. The van der Waals surface area contributed by atoms with E-state index >= 15 is 0 Å². The number of hydrogen-bond donors (Lipinski definition) is 0. The molecule has 0 aliphatic carbocycles. The van der Waals surface area contributed by atoms with Crippen molar-refractivity contribution < 1.29 is 76.0 Å². The second kappa shape index (κ2) is 19.3. The first-order chi connectivity index (χ1) is 1.00. The molecule has 0 amide bonds. The van der Waals surface area contributed by atoms with Crippen molar-refractivity contribution in [2.24, 2.45) is 0 Å². The zero-order chi connectivity index (χ0) is 2.00. The third-order valence-electron chi connectivity index (χ3n) is 0. The third kappa shape index (κ3) is 8.92. The van der Waals surface area contributed by atoms with E-state index in [9.17, 15) is 0 Å². The molecule has 0 bridgehead atoms. The third-order valence-corrected chi connectivity index (χ3v) is 0. The summed E-state index contributed by atoms with van der Waals surface area (Å²) in [5.41, 5.74) is 0. The van der Waals surface area contributed by atoms with Crippen molar-refractivity contribution in [1.82, 2.24) is 0 Å². The Morgan fingerprint density at radius 2 is 1.25 bits per heavy atom. The molecule has 0 aromatic carbocycles. The van der Waals surface area contributed by atoms with Gasteiger partial charge in [-0.15, -0.1) is 0 Å². The summed E-state index contributed by atoms with van der Waals surface area (Å²) in [7, 11) is 0. The second-order valence-electron chi connectivity index (χ2n) is 0. The van der Waals surface area contributed by atoms with E-state index in [2.05, 4.69) is 15.4 Å². The van der Waals surface area contributed by atoms with Gasteiger partial charge in [-0.05, 0) is 0 Å². The molecule has 0 aromatic heterocycles. The van der Waals surface area contributed by atoms with Crippen LogP contribution in [0.3, 0.4) is 0 Å². The topological polar surface area (TPSA) is 17.1 Å². The van der Waals surface area contributed by atoms with Crippen LogP contribution in [0.25, 0.3) is 0 Å². The van der Waals surface area contributed by atoms with Gasteiger partial charge in [0.2, 0.25) is 0 Å². The first kappa shape index (κ1) is 16.5. The molecule has 0 spiro atoms. The molecule has 4 heteroatoms. The van der Waals surface area contributed by atoms with Crippen LogP contribution in [0.5, 0.6) is 0 Å². The van der Waals surface area contributed by atoms with Gasteiger partial charge in [0, 0.05) is 56.7 Å². The average Bonchev–Trinajstić information content (AvgIpc) is 1.00. The molecular weight excluding hydrogens is 366 g/mol. The number of hydrogen-bond acceptors (Lipinski definition) is 1. The van der Waals surface area contributed by atoms with E-state index in [1.807, 2.05) is 0 Å². The molecule has 0 saturated heterocycles. The van der Waals surface area contributed by atoms with Gasteiger partial charge in [-0.2, -0.15) is 0 Å². The van der Waals surface area contributed by atoms with Crippen LogP contribution in [0.1, 0.15) is 0 Å². The average molecular weight is 366 g/mol. The quantitative estimate of drug-likeness (QED) is 0.547. The summed E-state index contributed by atoms with van der Waals surface area (Å²) in [6.07, 6.45) is 0. The van der Waals surface area contributed by atoms with E-state index in [0.717, 1.165) is 0 Å². The smallest absolute Gasteiger partial charge is 0 e. The van der Waals surface area contributed by atoms with Crippen LogP contribution >= 0.6 is 0 Å². The Labute approximate surface area is 74.7 Å². The van der Waals surface area contributed by atoms with E-state index in [4.69, 9.17) is 3.90 Å². The minimum absolute atomic E-state index is 0. The normalized spacial score (nSPS) is 1.50. The van der Waals surface area contributed by atoms with Crippen molar-refractivity contribution in [2.45, 2.75) is 0 Å². The molecule has 0 heterocycles. The van der Waals surface area contributed by atoms with Crippen molar-refractivity contribution in [3.05, 3.63) is 0 Å². The molecular formula is CoNiOTh. The van der Waals surface area contributed by atoms with Crippen molar-refractivity contribution in [3.8, 4) is 0 Å². The van der Waals surface area contributed by atoms with E-state index < -0.39 is 0 Å². The molecule has 0 saturated carbocycles. The fraction of sp³-hybridized carbons (Fsp3) is 0. The Balaban J connectivity index is -0.00000000500. The van der Waals surface area contributed by atoms with E-state index in [0.29, 0.717) is 0 Å². The molecule has 1 nitrogen and oxygen atoms in total. The van der Waals surface area contributed by atoms with Gasteiger partial charge in [0.05, 0.1) is 0 Å². The van der Waals surface area contributed by atoms with Gasteiger partial charge in [-0.1, -0.05) is 0 Å². The van der Waals surface area contributed by atoms with Gasteiger partial charge >= 0.3 is 19.3 Å². The molecule has 0 unspecified atom stereocenters. The maximum atomic E-state index is 7.88. The van der Waals surface area contributed by atoms with E-state index in [1.54, 1.807) is 0 Å². The predicted molar refractivity (Wildman–Crippen MR) is 0.686 cm³/mol. The summed E-state index contributed by atoms with van der Waals surface area (Å²) < 4.78 is 7.88. The fourth-order valence-corrected chi connectivity index (χ4v) is 0. The largest absolute Gasteiger partial charge is 0 e. The molecule has 0 fully saturated rings. The zero-order valence-electron chi connectivity index (χ0n) is 1.56. The Kier molecular flexibility index (Phi) is 79.5. The minimum Gasteiger partial charge on any atom is 0 e. The van der Waals surface area contributed by atoms with Crippen LogP contribution in [0.4, 0.5) is 0 Å². The van der Waals surface area contributed by atoms with Crippen LogP contribution in [0, 0.1) is 39.9 Å². The standard InChI is InChI=1S/Co.Ni.O.Th. The summed E-state index contributed by atoms with van der Waals surface area (Å²) in [5.74, 6) is 0. The maximum Gasteiger partial charge on any atom is 0 e. The van der Waals surface area contributed by atoms with Gasteiger partial charge in [0.25, 0.3) is 0 Å². The number of rotatable bonds is 0. The maximum absolute atomic E-state index is 7.88. The zero-order valence-corrected chi connectivity index (χ0v) is 7.70. The van der Waals surface area contributed by atoms with Gasteiger partial charge in [0.15, 0.2) is 0 Å². The fourth-order valence-electron chi connectivity index (χ4n) is 0. The molecule has 0 aromatic rings. The van der Waals surface area contributed by atoms with Crippen LogP contribution < -0.4 is 0 Å². The van der Waals surface area contributed by atoms with Gasteiger partial charge in [0.1, 0.15) is 0 Å². The van der Waals surface area contributed by atoms with Crippen LogP contribution in [0.15, 0.2) is 0 Å². The molecule has 29 valence electrons. The Morgan fingerprint density at radius 1 is 1.25 bits per heavy atom. The first-order valence-corrected chi connectivity index (χ1v) is 0.532. The molecule has 0 atom stereocenters. The summed E-state index contributed by atoms with van der Waals surface area (Å²) in [6, 6.07) is 0. The van der Waals surface area contributed by atoms with Crippen molar-refractivity contribution in [3.63, 3.8) is 0 Å². The Bertz CT molecular complexity index is 8.00. The summed E-state index contributed by atoms with van der Waals surface area (Å²) in [6.45, 7) is 0. The van der Waals surface area contributed by atoms with Crippen LogP contribution in [-0.2, 0) is 36.1 Å². The summed E-state index contributed by atoms with van der Waals surface area (Å²) >= 11 is 2.62. The van der Waals surface area contributed by atoms with Crippen LogP contribution in [0.2, 0.25) is 0 Å². The van der Waals surface area contributed by atoms with E-state index in [-0.39, 0.29) is 56.7 Å². The van der Waals surface area contributed by atoms with Crippen molar-refractivity contribution >= 4 is 0 Å².